The number of carboxylic acids is 1. The van der Waals surface area contributed by atoms with Crippen LogP contribution in [0, 0.1) is 0 Å². The molecule has 12 heavy (non-hydrogen) atoms. The average molecular weight is 191 g/mol. The first kappa shape index (κ1) is 11.8. The molecule has 3 N–H and O–H groups in total. The molecule has 0 amide bonds. The summed E-state index contributed by atoms with van der Waals surface area (Å²) in [5.41, 5.74) is 5.69. The second kappa shape index (κ2) is 7.43. The predicted molar refractivity (Wildman–Crippen MR) is 52.5 cm³/mol. The number of aliphatic carboxylic acids is 1. The Morgan fingerprint density at radius 3 is 2.75 bits per heavy atom. The third-order valence-corrected chi connectivity index (χ3v) is 2.35. The fourth-order valence-corrected chi connectivity index (χ4v) is 1.40. The molecule has 0 rings (SSSR count). The Morgan fingerprint density at radius 1 is 1.58 bits per heavy atom. The summed E-state index contributed by atoms with van der Waals surface area (Å²) in [5, 5.41) is 8.37. The second-order valence-corrected chi connectivity index (χ2v) is 3.81. The Balaban J connectivity index is 3.21. The summed E-state index contributed by atoms with van der Waals surface area (Å²) in [4.78, 5) is 10.2. The number of hydrogen-bond acceptors (Lipinski definition) is 3. The van der Waals surface area contributed by atoms with E-state index in [2.05, 4.69) is 6.26 Å². The zero-order valence-electron chi connectivity index (χ0n) is 7.45. The van der Waals surface area contributed by atoms with E-state index >= 15 is 0 Å². The van der Waals surface area contributed by atoms with Crippen molar-refractivity contribution in [3.05, 3.63) is 0 Å². The molecule has 0 fully saturated rings. The van der Waals surface area contributed by atoms with E-state index in [1.165, 1.54) is 0 Å². The van der Waals surface area contributed by atoms with Crippen LogP contribution in [-0.4, -0.2) is 29.1 Å². The normalized spacial score (nSPS) is 12.8. The summed E-state index contributed by atoms with van der Waals surface area (Å²) in [6.45, 7) is 0. The highest BCUT2D eigenvalue weighted by molar-refractivity contribution is 7.98. The zero-order chi connectivity index (χ0) is 9.40. The van der Waals surface area contributed by atoms with Crippen LogP contribution in [-0.2, 0) is 4.79 Å². The third-order valence-electron chi connectivity index (χ3n) is 1.65. The summed E-state index contributed by atoms with van der Waals surface area (Å²) >= 11 is 1.80. The van der Waals surface area contributed by atoms with Crippen LogP contribution in [0.4, 0.5) is 0 Å². The van der Waals surface area contributed by atoms with Crippen molar-refractivity contribution in [1.82, 2.24) is 0 Å². The van der Waals surface area contributed by atoms with Gasteiger partial charge in [-0.05, 0) is 31.3 Å². The fourth-order valence-electron chi connectivity index (χ4n) is 0.943. The molecule has 0 aliphatic carbocycles. The molecule has 0 saturated carbocycles. The lowest BCUT2D eigenvalue weighted by atomic mass is 10.1. The van der Waals surface area contributed by atoms with Gasteiger partial charge in [0.1, 0.15) is 0 Å². The summed E-state index contributed by atoms with van der Waals surface area (Å²) in [7, 11) is 0. The van der Waals surface area contributed by atoms with Gasteiger partial charge in [-0.25, -0.2) is 0 Å². The van der Waals surface area contributed by atoms with Crippen LogP contribution in [0.25, 0.3) is 0 Å². The molecule has 1 unspecified atom stereocenters. The molecule has 3 nitrogen and oxygen atoms in total. The smallest absolute Gasteiger partial charge is 0.303 e. The molecule has 0 aromatic heterocycles. The molecule has 72 valence electrons. The third kappa shape index (κ3) is 7.88. The largest absolute Gasteiger partial charge is 0.481 e. The summed E-state index contributed by atoms with van der Waals surface area (Å²) in [5.74, 6) is 0.358. The molecule has 0 aliphatic heterocycles. The quantitative estimate of drug-likeness (QED) is 0.596. The summed E-state index contributed by atoms with van der Waals surface area (Å²) < 4.78 is 0. The van der Waals surface area contributed by atoms with E-state index in [1.54, 1.807) is 11.8 Å². The van der Waals surface area contributed by atoms with Crippen molar-refractivity contribution in [2.75, 3.05) is 12.0 Å². The van der Waals surface area contributed by atoms with Crippen molar-refractivity contribution >= 4 is 17.7 Å². The number of carbonyl (C=O) groups is 1. The first-order chi connectivity index (χ1) is 5.66. The first-order valence-electron chi connectivity index (χ1n) is 4.13. The van der Waals surface area contributed by atoms with E-state index in [0.717, 1.165) is 18.6 Å². The molecule has 0 heterocycles. The van der Waals surface area contributed by atoms with Crippen LogP contribution < -0.4 is 5.73 Å². The molecule has 0 spiro atoms. The monoisotopic (exact) mass is 191 g/mol. The Morgan fingerprint density at radius 2 is 2.25 bits per heavy atom. The van der Waals surface area contributed by atoms with E-state index in [4.69, 9.17) is 10.8 Å². The predicted octanol–water partition coefficient (Wildman–Crippen LogP) is 1.32. The van der Waals surface area contributed by atoms with Crippen molar-refractivity contribution in [3.63, 3.8) is 0 Å². The van der Waals surface area contributed by atoms with Gasteiger partial charge in [-0.2, -0.15) is 11.8 Å². The highest BCUT2D eigenvalue weighted by Crippen LogP contribution is 2.05. The van der Waals surface area contributed by atoms with Crippen molar-refractivity contribution in [1.29, 1.82) is 0 Å². The topological polar surface area (TPSA) is 63.3 Å². The second-order valence-electron chi connectivity index (χ2n) is 2.83. The van der Waals surface area contributed by atoms with Crippen LogP contribution in [0.3, 0.4) is 0 Å². The molecule has 1 atom stereocenters. The van der Waals surface area contributed by atoms with E-state index < -0.39 is 5.97 Å². The van der Waals surface area contributed by atoms with Gasteiger partial charge in [-0.1, -0.05) is 0 Å². The first-order valence-corrected chi connectivity index (χ1v) is 5.52. The van der Waals surface area contributed by atoms with Gasteiger partial charge in [0.25, 0.3) is 0 Å². The maximum atomic E-state index is 10.2. The van der Waals surface area contributed by atoms with E-state index in [0.29, 0.717) is 6.42 Å². The van der Waals surface area contributed by atoms with Crippen LogP contribution in [0.2, 0.25) is 0 Å². The number of hydrogen-bond donors (Lipinski definition) is 2. The lowest BCUT2D eigenvalue weighted by Gasteiger charge is -2.08. The van der Waals surface area contributed by atoms with Gasteiger partial charge in [-0.3, -0.25) is 4.79 Å². The van der Waals surface area contributed by atoms with Crippen molar-refractivity contribution in [3.8, 4) is 0 Å². The molecule has 0 aliphatic rings. The van der Waals surface area contributed by atoms with Gasteiger partial charge >= 0.3 is 5.97 Å². The van der Waals surface area contributed by atoms with Gasteiger partial charge in [0.15, 0.2) is 0 Å². The minimum atomic E-state index is -0.754. The van der Waals surface area contributed by atoms with E-state index in [1.807, 2.05) is 0 Å². The maximum Gasteiger partial charge on any atom is 0.303 e. The van der Waals surface area contributed by atoms with Gasteiger partial charge in [0, 0.05) is 12.5 Å². The highest BCUT2D eigenvalue weighted by Gasteiger charge is 2.04. The van der Waals surface area contributed by atoms with Gasteiger partial charge in [0.2, 0.25) is 0 Å². The lowest BCUT2D eigenvalue weighted by molar-refractivity contribution is -0.137. The Bertz CT molecular complexity index is 130. The van der Waals surface area contributed by atoms with Crippen LogP contribution in [0.15, 0.2) is 0 Å². The molecular formula is C8H17NO2S. The lowest BCUT2D eigenvalue weighted by Crippen LogP contribution is -2.21. The van der Waals surface area contributed by atoms with Crippen molar-refractivity contribution in [2.45, 2.75) is 31.7 Å². The molecule has 0 bridgehead atoms. The Kier molecular flexibility index (Phi) is 7.29. The van der Waals surface area contributed by atoms with Crippen molar-refractivity contribution < 1.29 is 9.90 Å². The Labute approximate surface area is 77.7 Å². The highest BCUT2D eigenvalue weighted by atomic mass is 32.2. The fraction of sp³-hybridized carbons (Fsp3) is 0.875. The minimum absolute atomic E-state index is 0.0632. The number of rotatable bonds is 7. The molecule has 0 saturated heterocycles. The molecule has 0 radical (unpaired) electrons. The standard InChI is InChI=1S/C8H17NO2S/c1-12-6-2-3-7(9)4-5-8(10)11/h7H,2-6,9H2,1H3,(H,10,11). The van der Waals surface area contributed by atoms with Gasteiger partial charge in [-0.15, -0.1) is 0 Å². The average Bonchev–Trinajstić information content (AvgIpc) is 2.01. The number of thioether (sulfide) groups is 1. The summed E-state index contributed by atoms with van der Waals surface area (Å²) in [6, 6.07) is 0.0632. The maximum absolute atomic E-state index is 10.2. The summed E-state index contributed by atoms with van der Waals surface area (Å²) in [6.07, 6.45) is 4.88. The molecule has 0 aromatic carbocycles. The van der Waals surface area contributed by atoms with E-state index in [9.17, 15) is 4.79 Å². The molecule has 0 aromatic rings. The SMILES string of the molecule is CSCCCC(N)CCC(=O)O. The van der Waals surface area contributed by atoms with Crippen molar-refractivity contribution in [2.24, 2.45) is 5.73 Å². The van der Waals surface area contributed by atoms with E-state index in [-0.39, 0.29) is 12.5 Å². The molecule has 4 heteroatoms. The minimum Gasteiger partial charge on any atom is -0.481 e. The van der Waals surface area contributed by atoms with Gasteiger partial charge < -0.3 is 10.8 Å². The van der Waals surface area contributed by atoms with Crippen LogP contribution >= 0.6 is 11.8 Å². The van der Waals surface area contributed by atoms with Crippen LogP contribution in [0.1, 0.15) is 25.7 Å². The zero-order valence-corrected chi connectivity index (χ0v) is 8.27. The number of carboxylic acid groups (broad SMARTS) is 1. The Hall–Kier alpha value is -0.220. The van der Waals surface area contributed by atoms with Crippen LogP contribution in [0.5, 0.6) is 0 Å². The molecular weight excluding hydrogens is 174 g/mol. The van der Waals surface area contributed by atoms with Gasteiger partial charge in [0.05, 0.1) is 0 Å². The number of nitrogens with two attached hydrogens (primary N) is 1.